The smallest absolute Gasteiger partial charge is 0.357 e. The summed E-state index contributed by atoms with van der Waals surface area (Å²) in [5.41, 5.74) is -0.240. The van der Waals surface area contributed by atoms with Crippen LogP contribution in [0.4, 0.5) is 0 Å². The quantitative estimate of drug-likeness (QED) is 0.730. The van der Waals surface area contributed by atoms with E-state index in [1.165, 1.54) is 6.92 Å². The summed E-state index contributed by atoms with van der Waals surface area (Å²) in [6, 6.07) is -0.143. The lowest BCUT2D eigenvalue weighted by Crippen LogP contribution is -2.35. The molecule has 7 nitrogen and oxygen atoms in total. The lowest BCUT2D eigenvalue weighted by Gasteiger charge is -2.11. The van der Waals surface area contributed by atoms with Crippen molar-refractivity contribution in [2.75, 3.05) is 11.5 Å². The molecule has 0 bridgehead atoms. The van der Waals surface area contributed by atoms with Crippen LogP contribution in [0.25, 0.3) is 0 Å². The molecule has 1 aromatic rings. The standard InChI is InChI=1S/C9H13N3O4S2/c1-5-8(7(9(13)14)11-10-5)18(15,16)12-6-2-3-17-4-6/h6,12H,2-4H2,1H3,(H,10,11)(H,13,14). The van der Waals surface area contributed by atoms with E-state index in [9.17, 15) is 13.2 Å². The molecule has 0 spiro atoms. The van der Waals surface area contributed by atoms with Gasteiger partial charge in [-0.3, -0.25) is 5.10 Å². The number of thioether (sulfide) groups is 1. The first-order valence-electron chi connectivity index (χ1n) is 5.30. The van der Waals surface area contributed by atoms with Crippen LogP contribution < -0.4 is 4.72 Å². The van der Waals surface area contributed by atoms with Gasteiger partial charge in [-0.15, -0.1) is 0 Å². The van der Waals surface area contributed by atoms with E-state index in [4.69, 9.17) is 5.11 Å². The Hall–Kier alpha value is -1.06. The number of carboxylic acids is 1. The predicted octanol–water partition coefficient (Wildman–Crippen LogP) is 0.200. The Labute approximate surface area is 108 Å². The van der Waals surface area contributed by atoms with E-state index < -0.39 is 21.7 Å². The van der Waals surface area contributed by atoms with Crippen LogP contribution in [0, 0.1) is 6.92 Å². The van der Waals surface area contributed by atoms with Crippen LogP contribution in [-0.4, -0.2) is 47.2 Å². The van der Waals surface area contributed by atoms with Crippen molar-refractivity contribution in [1.29, 1.82) is 0 Å². The molecule has 2 rings (SSSR count). The minimum atomic E-state index is -3.84. The van der Waals surface area contributed by atoms with Crippen molar-refractivity contribution >= 4 is 27.8 Å². The first-order chi connectivity index (χ1) is 8.42. The summed E-state index contributed by atoms with van der Waals surface area (Å²) in [5, 5.41) is 14.8. The molecule has 1 aromatic heterocycles. The first-order valence-corrected chi connectivity index (χ1v) is 7.94. The van der Waals surface area contributed by atoms with Gasteiger partial charge in [0.15, 0.2) is 5.69 Å². The third kappa shape index (κ3) is 2.52. The number of aromatic nitrogens is 2. The molecular formula is C9H13N3O4S2. The van der Waals surface area contributed by atoms with Crippen molar-refractivity contribution in [2.45, 2.75) is 24.3 Å². The second-order valence-electron chi connectivity index (χ2n) is 4.01. The van der Waals surface area contributed by atoms with E-state index >= 15 is 0 Å². The summed E-state index contributed by atoms with van der Waals surface area (Å²) in [6.45, 7) is 1.48. The third-order valence-corrected chi connectivity index (χ3v) is 5.46. The number of hydrogen-bond acceptors (Lipinski definition) is 5. The van der Waals surface area contributed by atoms with Gasteiger partial charge < -0.3 is 5.11 Å². The topological polar surface area (TPSA) is 112 Å². The Morgan fingerprint density at radius 1 is 1.61 bits per heavy atom. The Balaban J connectivity index is 2.34. The summed E-state index contributed by atoms with van der Waals surface area (Å²) in [7, 11) is -3.84. The molecule has 2 heterocycles. The Kier molecular flexibility index (Phi) is 3.64. The average molecular weight is 291 g/mol. The molecule has 9 heteroatoms. The fourth-order valence-corrected chi connectivity index (χ4v) is 4.65. The van der Waals surface area contributed by atoms with Crippen LogP contribution in [0.5, 0.6) is 0 Å². The van der Waals surface area contributed by atoms with Crippen molar-refractivity contribution < 1.29 is 18.3 Å². The summed E-state index contributed by atoms with van der Waals surface area (Å²) in [4.78, 5) is 10.7. The van der Waals surface area contributed by atoms with Crippen molar-refractivity contribution in [1.82, 2.24) is 14.9 Å². The summed E-state index contributed by atoms with van der Waals surface area (Å²) < 4.78 is 26.8. The van der Waals surface area contributed by atoms with Gasteiger partial charge in [0.1, 0.15) is 4.90 Å². The molecular weight excluding hydrogens is 278 g/mol. The van der Waals surface area contributed by atoms with E-state index in [0.29, 0.717) is 5.75 Å². The number of nitrogens with one attached hydrogen (secondary N) is 2. The number of hydrogen-bond donors (Lipinski definition) is 3. The number of sulfonamides is 1. The van der Waals surface area contributed by atoms with Gasteiger partial charge in [-0.2, -0.15) is 16.9 Å². The highest BCUT2D eigenvalue weighted by molar-refractivity contribution is 7.99. The molecule has 0 saturated carbocycles. The number of carbonyl (C=O) groups is 1. The Morgan fingerprint density at radius 2 is 2.33 bits per heavy atom. The van der Waals surface area contributed by atoms with Crippen molar-refractivity contribution in [3.05, 3.63) is 11.4 Å². The summed E-state index contributed by atoms with van der Waals surface area (Å²) >= 11 is 1.67. The van der Waals surface area contributed by atoms with Crippen LogP contribution >= 0.6 is 11.8 Å². The van der Waals surface area contributed by atoms with E-state index in [2.05, 4.69) is 14.9 Å². The maximum absolute atomic E-state index is 12.2. The molecule has 18 heavy (non-hydrogen) atoms. The molecule has 0 aromatic carbocycles. The first kappa shape index (κ1) is 13.4. The molecule has 3 N–H and O–H groups in total. The molecule has 0 amide bonds. The van der Waals surface area contributed by atoms with Crippen molar-refractivity contribution in [2.24, 2.45) is 0 Å². The minimum Gasteiger partial charge on any atom is -0.476 e. The Bertz CT molecular complexity index is 560. The number of aryl methyl sites for hydroxylation is 1. The summed E-state index contributed by atoms with van der Waals surface area (Å²) in [6.07, 6.45) is 0.753. The van der Waals surface area contributed by atoms with Crippen LogP contribution in [0.3, 0.4) is 0 Å². The molecule has 0 aliphatic carbocycles. The SMILES string of the molecule is Cc1[nH]nc(C(=O)O)c1S(=O)(=O)NC1CCSC1. The van der Waals surface area contributed by atoms with Gasteiger partial charge in [0, 0.05) is 11.8 Å². The van der Waals surface area contributed by atoms with Crippen LogP contribution in [-0.2, 0) is 10.0 Å². The fourth-order valence-electron chi connectivity index (χ4n) is 1.80. The number of nitrogens with zero attached hydrogens (tertiary/aromatic N) is 1. The predicted molar refractivity (Wildman–Crippen MR) is 66.3 cm³/mol. The monoisotopic (exact) mass is 291 g/mol. The minimum absolute atomic E-state index is 0.143. The van der Waals surface area contributed by atoms with Crippen LogP contribution in [0.15, 0.2) is 4.90 Å². The van der Waals surface area contributed by atoms with E-state index in [1.807, 2.05) is 0 Å². The molecule has 1 saturated heterocycles. The van der Waals surface area contributed by atoms with E-state index in [-0.39, 0.29) is 16.6 Å². The second-order valence-corrected chi connectivity index (χ2v) is 6.81. The molecule has 1 atom stereocenters. The van der Waals surface area contributed by atoms with Gasteiger partial charge >= 0.3 is 5.97 Å². The largest absolute Gasteiger partial charge is 0.476 e. The van der Waals surface area contributed by atoms with Gasteiger partial charge in [0.2, 0.25) is 10.0 Å². The fraction of sp³-hybridized carbons (Fsp3) is 0.556. The van der Waals surface area contributed by atoms with Gasteiger partial charge in [0.05, 0.1) is 5.69 Å². The van der Waals surface area contributed by atoms with Gasteiger partial charge in [0.25, 0.3) is 0 Å². The maximum Gasteiger partial charge on any atom is 0.357 e. The molecule has 1 fully saturated rings. The molecule has 1 aliphatic heterocycles. The number of carboxylic acid groups (broad SMARTS) is 1. The zero-order valence-corrected chi connectivity index (χ0v) is 11.3. The highest BCUT2D eigenvalue weighted by Crippen LogP contribution is 2.22. The molecule has 0 radical (unpaired) electrons. The number of aromatic amines is 1. The second kappa shape index (κ2) is 4.90. The number of H-pyrrole nitrogens is 1. The summed E-state index contributed by atoms with van der Waals surface area (Å²) in [5.74, 6) is 0.252. The maximum atomic E-state index is 12.2. The lowest BCUT2D eigenvalue weighted by molar-refractivity contribution is 0.0686. The molecule has 1 unspecified atom stereocenters. The van der Waals surface area contributed by atoms with Crippen LogP contribution in [0.2, 0.25) is 0 Å². The molecule has 1 aliphatic rings. The molecule has 100 valence electrons. The van der Waals surface area contributed by atoms with Crippen molar-refractivity contribution in [3.63, 3.8) is 0 Å². The third-order valence-electron chi connectivity index (χ3n) is 2.61. The number of rotatable bonds is 4. The average Bonchev–Trinajstić information content (AvgIpc) is 2.86. The van der Waals surface area contributed by atoms with Crippen LogP contribution in [0.1, 0.15) is 22.6 Å². The lowest BCUT2D eigenvalue weighted by atomic mass is 10.3. The normalized spacial score (nSPS) is 20.2. The highest BCUT2D eigenvalue weighted by atomic mass is 32.2. The van der Waals surface area contributed by atoms with Gasteiger partial charge in [-0.05, 0) is 19.1 Å². The van der Waals surface area contributed by atoms with Crippen molar-refractivity contribution in [3.8, 4) is 0 Å². The zero-order valence-electron chi connectivity index (χ0n) is 9.63. The van der Waals surface area contributed by atoms with Gasteiger partial charge in [-0.25, -0.2) is 17.9 Å². The van der Waals surface area contributed by atoms with E-state index in [1.54, 1.807) is 11.8 Å². The number of aromatic carboxylic acids is 1. The van der Waals surface area contributed by atoms with Gasteiger partial charge in [-0.1, -0.05) is 0 Å². The Morgan fingerprint density at radius 3 is 2.89 bits per heavy atom. The zero-order chi connectivity index (χ0) is 13.3. The highest BCUT2D eigenvalue weighted by Gasteiger charge is 2.31. The van der Waals surface area contributed by atoms with E-state index in [0.717, 1.165) is 12.2 Å².